The molecule has 1 saturated heterocycles. The second kappa shape index (κ2) is 6.32. The molecule has 4 rings (SSSR count). The van der Waals surface area contributed by atoms with Crippen LogP contribution >= 0.6 is 11.8 Å². The molecular weight excluding hydrogens is 320 g/mol. The summed E-state index contributed by atoms with van der Waals surface area (Å²) in [6.07, 6.45) is 0.796. The number of carbonyl (C=O) groups is 2. The molecule has 0 radical (unpaired) electrons. The Morgan fingerprint density at radius 2 is 1.88 bits per heavy atom. The third kappa shape index (κ3) is 2.59. The lowest BCUT2D eigenvalue weighted by Crippen LogP contribution is -2.46. The van der Waals surface area contributed by atoms with Crippen molar-refractivity contribution in [1.82, 2.24) is 10.2 Å². The van der Waals surface area contributed by atoms with Gasteiger partial charge in [0.25, 0.3) is 5.91 Å². The zero-order valence-electron chi connectivity index (χ0n) is 13.1. The number of fused-ring (bicyclic) bond motifs is 3. The topological polar surface area (TPSA) is 49.4 Å². The number of carbonyl (C=O) groups excluding carboxylic acids is 2. The summed E-state index contributed by atoms with van der Waals surface area (Å²) in [6, 6.07) is 17.3. The van der Waals surface area contributed by atoms with E-state index in [-0.39, 0.29) is 23.2 Å². The van der Waals surface area contributed by atoms with E-state index in [0.29, 0.717) is 12.3 Å². The van der Waals surface area contributed by atoms with Crippen LogP contribution in [0, 0.1) is 0 Å². The molecule has 0 bridgehead atoms. The second-order valence-corrected chi connectivity index (χ2v) is 7.14. The first-order valence-electron chi connectivity index (χ1n) is 8.10. The Kier molecular flexibility index (Phi) is 4.02. The number of hydrogen-bond acceptors (Lipinski definition) is 3. The van der Waals surface area contributed by atoms with Crippen LogP contribution in [0.3, 0.4) is 0 Å². The van der Waals surface area contributed by atoms with Crippen LogP contribution in [0.2, 0.25) is 0 Å². The van der Waals surface area contributed by atoms with E-state index in [4.69, 9.17) is 0 Å². The fourth-order valence-electron chi connectivity index (χ4n) is 3.33. The van der Waals surface area contributed by atoms with E-state index in [1.54, 1.807) is 16.7 Å². The van der Waals surface area contributed by atoms with Crippen LogP contribution in [0.1, 0.15) is 26.9 Å². The number of benzene rings is 2. The van der Waals surface area contributed by atoms with Gasteiger partial charge >= 0.3 is 0 Å². The minimum Gasteiger partial charge on any atom is -0.354 e. The maximum atomic E-state index is 12.6. The van der Waals surface area contributed by atoms with Crippen LogP contribution in [0.5, 0.6) is 0 Å². The molecule has 2 heterocycles. The Bertz CT molecular complexity index is 778. The highest BCUT2D eigenvalue weighted by Crippen LogP contribution is 2.47. The number of nitrogens with zero attached hydrogens (tertiary/aromatic N) is 1. The molecule has 4 nitrogen and oxygen atoms in total. The molecule has 2 aromatic rings. The van der Waals surface area contributed by atoms with Crippen LogP contribution < -0.4 is 5.32 Å². The molecule has 24 heavy (non-hydrogen) atoms. The van der Waals surface area contributed by atoms with Crippen LogP contribution in [-0.4, -0.2) is 35.1 Å². The van der Waals surface area contributed by atoms with Crippen molar-refractivity contribution in [3.63, 3.8) is 0 Å². The lowest BCUT2D eigenvalue weighted by atomic mass is 10.1. The molecular formula is C19H18N2O2S. The third-order valence-corrected chi connectivity index (χ3v) is 5.86. The molecule has 1 fully saturated rings. The summed E-state index contributed by atoms with van der Waals surface area (Å²) in [6.45, 7) is 0.587. The number of hydrogen-bond donors (Lipinski definition) is 1. The van der Waals surface area contributed by atoms with Crippen molar-refractivity contribution in [2.75, 3.05) is 12.3 Å². The quantitative estimate of drug-likeness (QED) is 0.932. The Hall–Kier alpha value is -2.27. The maximum absolute atomic E-state index is 12.6. The van der Waals surface area contributed by atoms with Crippen molar-refractivity contribution >= 4 is 23.6 Å². The van der Waals surface area contributed by atoms with Gasteiger partial charge in [-0.2, -0.15) is 0 Å². The molecule has 2 aliphatic rings. The van der Waals surface area contributed by atoms with E-state index in [2.05, 4.69) is 5.32 Å². The zero-order chi connectivity index (χ0) is 16.5. The van der Waals surface area contributed by atoms with Gasteiger partial charge in [0, 0.05) is 17.9 Å². The first-order valence-corrected chi connectivity index (χ1v) is 9.15. The van der Waals surface area contributed by atoms with E-state index in [0.717, 1.165) is 17.5 Å². The molecule has 0 spiro atoms. The third-order valence-electron chi connectivity index (χ3n) is 4.55. The lowest BCUT2D eigenvalue weighted by molar-refractivity contribution is -0.124. The van der Waals surface area contributed by atoms with Crippen LogP contribution in [0.25, 0.3) is 0 Å². The monoisotopic (exact) mass is 338 g/mol. The number of rotatable bonds is 4. The summed E-state index contributed by atoms with van der Waals surface area (Å²) in [5, 5.41) is 2.97. The fourth-order valence-corrected chi connectivity index (χ4v) is 4.80. The first kappa shape index (κ1) is 15.3. The van der Waals surface area contributed by atoms with Gasteiger partial charge in [-0.05, 0) is 23.6 Å². The summed E-state index contributed by atoms with van der Waals surface area (Å²) in [4.78, 5) is 26.9. The summed E-state index contributed by atoms with van der Waals surface area (Å²) >= 11 is 1.67. The van der Waals surface area contributed by atoms with Crippen LogP contribution in [0.4, 0.5) is 0 Å². The number of amides is 2. The Labute approximate surface area is 145 Å². The van der Waals surface area contributed by atoms with Crippen molar-refractivity contribution in [2.45, 2.75) is 17.8 Å². The Morgan fingerprint density at radius 1 is 1.12 bits per heavy atom. The summed E-state index contributed by atoms with van der Waals surface area (Å²) < 4.78 is 0. The average Bonchev–Trinajstić information content (AvgIpc) is 3.17. The maximum Gasteiger partial charge on any atom is 0.256 e. The van der Waals surface area contributed by atoms with Gasteiger partial charge in [-0.3, -0.25) is 9.59 Å². The van der Waals surface area contributed by atoms with E-state index in [1.807, 2.05) is 54.6 Å². The van der Waals surface area contributed by atoms with E-state index in [9.17, 15) is 9.59 Å². The Morgan fingerprint density at radius 3 is 2.71 bits per heavy atom. The highest BCUT2D eigenvalue weighted by molar-refractivity contribution is 7.99. The van der Waals surface area contributed by atoms with Gasteiger partial charge < -0.3 is 10.2 Å². The lowest BCUT2D eigenvalue weighted by Gasteiger charge is -2.22. The first-order chi connectivity index (χ1) is 11.8. The molecule has 2 amide bonds. The highest BCUT2D eigenvalue weighted by Gasteiger charge is 2.48. The summed E-state index contributed by atoms with van der Waals surface area (Å²) in [7, 11) is 0. The predicted molar refractivity (Wildman–Crippen MR) is 94.8 cm³/mol. The van der Waals surface area contributed by atoms with Crippen molar-refractivity contribution in [2.24, 2.45) is 0 Å². The van der Waals surface area contributed by atoms with Gasteiger partial charge in [0.15, 0.2) is 0 Å². The van der Waals surface area contributed by atoms with Gasteiger partial charge in [0.1, 0.15) is 11.4 Å². The van der Waals surface area contributed by atoms with Gasteiger partial charge in [-0.15, -0.1) is 11.8 Å². The van der Waals surface area contributed by atoms with Gasteiger partial charge in [0.2, 0.25) is 5.91 Å². The zero-order valence-corrected chi connectivity index (χ0v) is 14.0. The molecule has 2 atom stereocenters. The van der Waals surface area contributed by atoms with Crippen molar-refractivity contribution in [3.8, 4) is 0 Å². The minimum atomic E-state index is -0.379. The molecule has 0 unspecified atom stereocenters. The van der Waals surface area contributed by atoms with E-state index in [1.165, 1.54) is 5.56 Å². The van der Waals surface area contributed by atoms with Gasteiger partial charge in [-0.25, -0.2) is 0 Å². The van der Waals surface area contributed by atoms with Crippen molar-refractivity contribution in [1.29, 1.82) is 0 Å². The molecule has 0 aromatic heterocycles. The summed E-state index contributed by atoms with van der Waals surface area (Å²) in [5.74, 6) is 0.577. The van der Waals surface area contributed by atoms with Gasteiger partial charge in [-0.1, -0.05) is 48.5 Å². The molecule has 0 aliphatic carbocycles. The van der Waals surface area contributed by atoms with Crippen molar-refractivity contribution < 1.29 is 9.59 Å². The molecule has 122 valence electrons. The molecule has 5 heteroatoms. The molecule has 0 saturated carbocycles. The Balaban J connectivity index is 1.41. The standard InChI is InChI=1S/C19H18N2O2S/c22-17(20-11-10-13-6-2-1-3-7-13)16-12-24-19-15-9-5-4-8-14(15)18(23)21(16)19/h1-9,16,19H,10-12H2,(H,20,22)/t16-,19-/m1/s1. The van der Waals surface area contributed by atoms with Crippen LogP contribution in [0.15, 0.2) is 54.6 Å². The largest absolute Gasteiger partial charge is 0.354 e. The SMILES string of the molecule is O=C(NCCc1ccccc1)[C@H]1CS[C@@H]2c3ccccc3C(=O)N12. The van der Waals surface area contributed by atoms with E-state index >= 15 is 0 Å². The fraction of sp³-hybridized carbons (Fsp3) is 0.263. The number of thioether (sulfide) groups is 1. The van der Waals surface area contributed by atoms with E-state index < -0.39 is 0 Å². The predicted octanol–water partition coefficient (Wildman–Crippen LogP) is 2.62. The van der Waals surface area contributed by atoms with Gasteiger partial charge in [0.05, 0.1) is 0 Å². The normalized spacial score (nSPS) is 21.5. The van der Waals surface area contributed by atoms with Crippen LogP contribution in [-0.2, 0) is 11.2 Å². The smallest absolute Gasteiger partial charge is 0.256 e. The molecule has 2 aliphatic heterocycles. The molecule has 1 N–H and O–H groups in total. The summed E-state index contributed by atoms with van der Waals surface area (Å²) in [5.41, 5.74) is 2.96. The highest BCUT2D eigenvalue weighted by atomic mass is 32.2. The van der Waals surface area contributed by atoms with Crippen molar-refractivity contribution in [3.05, 3.63) is 71.3 Å². The minimum absolute atomic E-state index is 0.0152. The second-order valence-electron chi connectivity index (χ2n) is 6.03. The average molecular weight is 338 g/mol. The molecule has 2 aromatic carbocycles. The number of nitrogens with one attached hydrogen (secondary N) is 1.